The second-order valence-electron chi connectivity index (χ2n) is 4.97. The van der Waals surface area contributed by atoms with Gasteiger partial charge in [0.2, 0.25) is 0 Å². The van der Waals surface area contributed by atoms with E-state index in [-0.39, 0.29) is 6.61 Å². The van der Waals surface area contributed by atoms with Gasteiger partial charge in [0.15, 0.2) is 0 Å². The number of pyridine rings is 2. The molecule has 0 atom stereocenters. The number of halogens is 1. The summed E-state index contributed by atoms with van der Waals surface area (Å²) in [7, 11) is 0. The number of aliphatic hydroxyl groups excluding tert-OH is 1. The first-order chi connectivity index (χ1) is 9.76. The van der Waals surface area contributed by atoms with Gasteiger partial charge in [0.1, 0.15) is 11.0 Å². The van der Waals surface area contributed by atoms with Crippen molar-refractivity contribution in [1.82, 2.24) is 9.97 Å². The van der Waals surface area contributed by atoms with Gasteiger partial charge in [0, 0.05) is 18.3 Å². The van der Waals surface area contributed by atoms with Crippen molar-refractivity contribution >= 4 is 17.4 Å². The highest BCUT2D eigenvalue weighted by Gasteiger charge is 2.24. The summed E-state index contributed by atoms with van der Waals surface area (Å²) in [5.41, 5.74) is 3.08. The molecule has 1 aliphatic carbocycles. The van der Waals surface area contributed by atoms with E-state index in [1.54, 1.807) is 6.20 Å². The molecule has 4 nitrogen and oxygen atoms in total. The molecule has 2 aromatic rings. The van der Waals surface area contributed by atoms with Crippen LogP contribution in [0.25, 0.3) is 11.3 Å². The van der Waals surface area contributed by atoms with Gasteiger partial charge in [-0.15, -0.1) is 0 Å². The van der Waals surface area contributed by atoms with Gasteiger partial charge in [-0.1, -0.05) is 11.6 Å². The molecule has 0 radical (unpaired) electrons. The summed E-state index contributed by atoms with van der Waals surface area (Å²) >= 11 is 6.10. The fourth-order valence-corrected chi connectivity index (χ4v) is 2.37. The van der Waals surface area contributed by atoms with E-state index in [2.05, 4.69) is 21.4 Å². The molecule has 0 aromatic carbocycles. The first kappa shape index (κ1) is 13.3. The molecule has 0 bridgehead atoms. The summed E-state index contributed by atoms with van der Waals surface area (Å²) in [5, 5.41) is 12.3. The van der Waals surface area contributed by atoms with Crippen LogP contribution in [0.4, 0.5) is 5.82 Å². The molecule has 0 saturated heterocycles. The second-order valence-corrected chi connectivity index (χ2v) is 5.35. The smallest absolute Gasteiger partial charge is 0.130 e. The van der Waals surface area contributed by atoms with E-state index in [1.807, 2.05) is 18.2 Å². The Morgan fingerprint density at radius 3 is 2.80 bits per heavy atom. The number of anilines is 1. The van der Waals surface area contributed by atoms with Crippen LogP contribution in [-0.2, 0) is 0 Å². The minimum atomic E-state index is 0.0873. The van der Waals surface area contributed by atoms with Crippen LogP contribution >= 0.6 is 11.6 Å². The van der Waals surface area contributed by atoms with Crippen LogP contribution < -0.4 is 5.32 Å². The molecular weight excluding hydrogens is 274 g/mol. The van der Waals surface area contributed by atoms with E-state index in [4.69, 9.17) is 16.7 Å². The van der Waals surface area contributed by atoms with Crippen molar-refractivity contribution in [3.05, 3.63) is 41.2 Å². The average molecular weight is 290 g/mol. The van der Waals surface area contributed by atoms with Gasteiger partial charge in [-0.3, -0.25) is 0 Å². The minimum absolute atomic E-state index is 0.0873. The molecule has 3 rings (SSSR count). The summed E-state index contributed by atoms with van der Waals surface area (Å²) in [4.78, 5) is 8.68. The molecule has 0 amide bonds. The molecule has 5 heteroatoms. The highest BCUT2D eigenvalue weighted by molar-refractivity contribution is 6.29. The molecule has 104 valence electrons. The quantitative estimate of drug-likeness (QED) is 0.831. The third-order valence-corrected chi connectivity index (χ3v) is 3.54. The van der Waals surface area contributed by atoms with E-state index >= 15 is 0 Å². The predicted octanol–water partition coefficient (Wildman–Crippen LogP) is 3.08. The normalized spacial score (nSPS) is 14.3. The lowest BCUT2D eigenvalue weighted by Crippen LogP contribution is -2.06. The molecular formula is C15H16ClN3O. The summed E-state index contributed by atoms with van der Waals surface area (Å²) in [6.07, 6.45) is 4.25. The molecule has 2 N–H and O–H groups in total. The van der Waals surface area contributed by atoms with Crippen molar-refractivity contribution < 1.29 is 5.11 Å². The summed E-state index contributed by atoms with van der Waals surface area (Å²) in [5.74, 6) is 1.39. The summed E-state index contributed by atoms with van der Waals surface area (Å²) in [6.45, 7) is 0.581. The Labute approximate surface area is 122 Å². The van der Waals surface area contributed by atoms with Crippen LogP contribution in [0.3, 0.4) is 0 Å². The minimum Gasteiger partial charge on any atom is -0.395 e. The molecule has 2 aromatic heterocycles. The lowest BCUT2D eigenvalue weighted by Gasteiger charge is -2.07. The van der Waals surface area contributed by atoms with Crippen molar-refractivity contribution in [3.63, 3.8) is 0 Å². The van der Waals surface area contributed by atoms with E-state index in [1.165, 1.54) is 18.4 Å². The number of aromatic nitrogens is 2. The second kappa shape index (κ2) is 5.77. The fraction of sp³-hybridized carbons (Fsp3) is 0.333. The topological polar surface area (TPSA) is 58.0 Å². The molecule has 0 unspecified atom stereocenters. The van der Waals surface area contributed by atoms with Crippen molar-refractivity contribution in [2.24, 2.45) is 0 Å². The molecule has 20 heavy (non-hydrogen) atoms. The molecule has 0 aliphatic heterocycles. The number of rotatable bonds is 5. The van der Waals surface area contributed by atoms with Gasteiger partial charge in [-0.2, -0.15) is 0 Å². The molecule has 1 saturated carbocycles. The highest BCUT2D eigenvalue weighted by atomic mass is 35.5. The molecule has 1 aliphatic rings. The molecule has 2 heterocycles. The van der Waals surface area contributed by atoms with Crippen LogP contribution in [-0.4, -0.2) is 28.2 Å². The van der Waals surface area contributed by atoms with Crippen molar-refractivity contribution in [2.45, 2.75) is 18.8 Å². The SMILES string of the molecule is OCCNc1ccc(-c2cc(C3CC3)cc(Cl)n2)cn1. The average Bonchev–Trinajstić information content (AvgIpc) is 3.29. The predicted molar refractivity (Wildman–Crippen MR) is 80.0 cm³/mol. The van der Waals surface area contributed by atoms with E-state index in [0.29, 0.717) is 17.6 Å². The van der Waals surface area contributed by atoms with Gasteiger partial charge in [-0.05, 0) is 48.6 Å². The Kier molecular flexibility index (Phi) is 3.85. The van der Waals surface area contributed by atoms with Crippen molar-refractivity contribution in [1.29, 1.82) is 0 Å². The first-order valence-corrected chi connectivity index (χ1v) is 7.12. The first-order valence-electron chi connectivity index (χ1n) is 6.75. The van der Waals surface area contributed by atoms with Crippen LogP contribution in [0.1, 0.15) is 24.3 Å². The molecule has 1 fully saturated rings. The Balaban J connectivity index is 1.84. The zero-order valence-electron chi connectivity index (χ0n) is 11.0. The number of hydrogen-bond acceptors (Lipinski definition) is 4. The highest BCUT2D eigenvalue weighted by Crippen LogP contribution is 2.41. The maximum Gasteiger partial charge on any atom is 0.130 e. The van der Waals surface area contributed by atoms with Crippen LogP contribution in [0.5, 0.6) is 0 Å². The van der Waals surface area contributed by atoms with Gasteiger partial charge >= 0.3 is 0 Å². The zero-order chi connectivity index (χ0) is 13.9. The van der Waals surface area contributed by atoms with E-state index < -0.39 is 0 Å². The third-order valence-electron chi connectivity index (χ3n) is 3.34. The number of nitrogens with zero attached hydrogens (tertiary/aromatic N) is 2. The monoisotopic (exact) mass is 289 g/mol. The van der Waals surface area contributed by atoms with Gasteiger partial charge in [0.25, 0.3) is 0 Å². The maximum absolute atomic E-state index is 8.76. The van der Waals surface area contributed by atoms with Gasteiger partial charge in [0.05, 0.1) is 12.3 Å². The number of aliphatic hydroxyl groups is 1. The fourth-order valence-electron chi connectivity index (χ4n) is 2.15. The number of hydrogen-bond donors (Lipinski definition) is 2. The maximum atomic E-state index is 8.76. The third kappa shape index (κ3) is 3.08. The Morgan fingerprint density at radius 2 is 2.15 bits per heavy atom. The van der Waals surface area contributed by atoms with Crippen molar-refractivity contribution in [2.75, 3.05) is 18.5 Å². The summed E-state index contributed by atoms with van der Waals surface area (Å²) in [6, 6.07) is 7.89. The Hall–Kier alpha value is -1.65. The zero-order valence-corrected chi connectivity index (χ0v) is 11.8. The standard InChI is InChI=1S/C15H16ClN3O/c16-14-8-12(10-1-2-10)7-13(19-14)11-3-4-15(18-9-11)17-5-6-20/h3-4,7-10,20H,1-2,5-6H2,(H,17,18). The Bertz CT molecular complexity index is 597. The number of nitrogens with one attached hydrogen (secondary N) is 1. The molecule has 0 spiro atoms. The van der Waals surface area contributed by atoms with E-state index in [9.17, 15) is 0 Å². The lowest BCUT2D eigenvalue weighted by molar-refractivity contribution is 0.311. The van der Waals surface area contributed by atoms with Crippen molar-refractivity contribution in [3.8, 4) is 11.3 Å². The Morgan fingerprint density at radius 1 is 1.30 bits per heavy atom. The largest absolute Gasteiger partial charge is 0.395 e. The summed E-state index contributed by atoms with van der Waals surface area (Å²) < 4.78 is 0. The van der Waals surface area contributed by atoms with Gasteiger partial charge in [-0.25, -0.2) is 9.97 Å². The van der Waals surface area contributed by atoms with Crippen LogP contribution in [0.15, 0.2) is 30.5 Å². The van der Waals surface area contributed by atoms with Crippen LogP contribution in [0.2, 0.25) is 5.15 Å². The lowest BCUT2D eigenvalue weighted by atomic mass is 10.1. The van der Waals surface area contributed by atoms with E-state index in [0.717, 1.165) is 17.1 Å². The van der Waals surface area contributed by atoms with Crippen LogP contribution in [0, 0.1) is 0 Å². The van der Waals surface area contributed by atoms with Gasteiger partial charge < -0.3 is 10.4 Å².